The molecule has 24 heteroatoms. The Morgan fingerprint density at radius 3 is 0.923 bits per heavy atom. The summed E-state index contributed by atoms with van der Waals surface area (Å²) in [7, 11) is 0. The molecule has 0 unspecified atom stereocenters. The molecule has 0 fully saturated rings. The number of aryl methyl sites for hydroxylation is 6. The number of fused-ring (bicyclic) bond motifs is 20. The minimum Gasteiger partial charge on any atom is -0.454 e. The molecule has 15 rings (SSSR count). The van der Waals surface area contributed by atoms with Crippen LogP contribution in [0.1, 0.15) is 83.3 Å². The standard InChI is InChI=1S/C80H54Cl12N8O4/c1-33-20-17-21-34(2)64(33)102-68-57(86)49-45(53(82)61(68)90)72-93-71-44-48(56(85)67(60(89)52(44)81)101-43-31-30-41(79(7,8)39-26-13-11-14-27-39)32-42(43)80(9,10)40-28-15-12-16-29-40)75(94-71)100-78-51-47(55(84)63(92)70(59(51)88)104-66-37(5)24-19-25-38(66)6)74(99-78)98-77-50-46(73(97-77)96-76(49)95-72)54(83)62(91)69(58(50)87)103-65-35(3)22-18-23-36(65)4/h11-32H,1-10H3,(H2,93,94,95,96,97,98,99,100). The van der Waals surface area contributed by atoms with Gasteiger partial charge in [-0.3, -0.25) is 0 Å². The summed E-state index contributed by atoms with van der Waals surface area (Å²) in [5, 5.41) is -0.213. The molecule has 0 saturated carbocycles. The monoisotopic (exact) mass is 1610 g/mol. The first-order chi connectivity index (χ1) is 49.6. The van der Waals surface area contributed by atoms with Gasteiger partial charge < -0.3 is 28.9 Å². The highest BCUT2D eigenvalue weighted by molar-refractivity contribution is 6.53. The smallest absolute Gasteiger partial charge is 0.166 e. The van der Waals surface area contributed by atoms with Crippen molar-refractivity contribution in [2.24, 2.45) is 0 Å². The van der Waals surface area contributed by atoms with Gasteiger partial charge in [0, 0.05) is 16.4 Å². The lowest BCUT2D eigenvalue weighted by Crippen LogP contribution is -2.23. The van der Waals surface area contributed by atoms with Gasteiger partial charge in [0.25, 0.3) is 0 Å². The molecule has 522 valence electrons. The van der Waals surface area contributed by atoms with Crippen LogP contribution in [0.4, 0.5) is 0 Å². The van der Waals surface area contributed by atoms with Crippen LogP contribution in [0.15, 0.2) is 133 Å². The van der Waals surface area contributed by atoms with E-state index in [2.05, 4.69) is 68.0 Å². The lowest BCUT2D eigenvalue weighted by Gasteiger charge is -2.32. The van der Waals surface area contributed by atoms with Crippen molar-refractivity contribution in [1.29, 1.82) is 0 Å². The lowest BCUT2D eigenvalue weighted by atomic mass is 9.73. The van der Waals surface area contributed by atoms with Crippen molar-refractivity contribution >= 4 is 183 Å². The SMILES string of the molecule is Cc1cccc(C)c1Oc1c(Cl)c(Cl)c2c(c1Cl)-c1nc-2nc2[nH]c(nc3nc(nc4[nH]c(n1)c1c(Cl)c(Cl)c(Oc5c(C)cccc5C)c(Cl)c41)-c1c(Cl)c(Cl)c(Oc4c(C)cccc4C)c(Cl)c1-3)c1c(Cl)c(Oc3ccc(C(C)(C)c4ccccc4)cc3C(C)(C)c3ccccc3)c(Cl)c(Cl)c21. The van der Waals surface area contributed by atoms with Gasteiger partial charge in [0.2, 0.25) is 0 Å². The summed E-state index contributed by atoms with van der Waals surface area (Å²) in [6.45, 7) is 20.0. The fourth-order valence-electron chi connectivity index (χ4n) is 13.4. The molecular weight excluding hydrogens is 1560 g/mol. The van der Waals surface area contributed by atoms with E-state index in [-0.39, 0.29) is 173 Å². The highest BCUT2D eigenvalue weighted by Gasteiger charge is 2.38. The normalized spacial score (nSPS) is 12.1. The highest BCUT2D eigenvalue weighted by atomic mass is 35.5. The molecule has 8 bridgehead atoms. The van der Waals surface area contributed by atoms with E-state index in [1.54, 1.807) is 0 Å². The number of rotatable bonds is 12. The first-order valence-electron chi connectivity index (χ1n) is 32.4. The number of hydrogen-bond donors (Lipinski definition) is 2. The molecule has 3 aromatic heterocycles. The van der Waals surface area contributed by atoms with E-state index < -0.39 is 10.8 Å². The van der Waals surface area contributed by atoms with E-state index in [4.69, 9.17) is 188 Å². The van der Waals surface area contributed by atoms with Gasteiger partial charge in [-0.1, -0.05) is 294 Å². The van der Waals surface area contributed by atoms with Crippen molar-refractivity contribution in [1.82, 2.24) is 39.9 Å². The fourth-order valence-corrected chi connectivity index (χ4v) is 16.9. The maximum Gasteiger partial charge on any atom is 0.166 e. The highest BCUT2D eigenvalue weighted by Crippen LogP contribution is 2.59. The molecule has 5 heterocycles. The van der Waals surface area contributed by atoms with Gasteiger partial charge in [-0.2, -0.15) is 0 Å². The fraction of sp³-hybridized carbons (Fsp3) is 0.150. The number of H-pyrrole nitrogens is 2. The van der Waals surface area contributed by atoms with Crippen LogP contribution in [-0.4, -0.2) is 39.9 Å². The lowest BCUT2D eigenvalue weighted by molar-refractivity contribution is 0.461. The van der Waals surface area contributed by atoms with Crippen molar-refractivity contribution in [3.8, 4) is 91.5 Å². The van der Waals surface area contributed by atoms with Crippen LogP contribution >= 0.6 is 139 Å². The van der Waals surface area contributed by atoms with E-state index in [0.29, 0.717) is 23.0 Å². The Hall–Kier alpha value is -7.76. The summed E-state index contributed by atoms with van der Waals surface area (Å²) in [6, 6.07) is 43.6. The molecule has 0 aliphatic carbocycles. The number of halogens is 12. The summed E-state index contributed by atoms with van der Waals surface area (Å²) in [5.74, 6) is 1.42. The van der Waals surface area contributed by atoms with Crippen LogP contribution in [0.2, 0.25) is 60.3 Å². The number of ether oxygens (including phenoxy) is 4. The molecule has 2 aliphatic rings. The van der Waals surface area contributed by atoms with Crippen LogP contribution in [0, 0.1) is 41.5 Å². The van der Waals surface area contributed by atoms with Crippen LogP contribution in [0.25, 0.3) is 89.7 Å². The Morgan fingerprint density at radius 2 is 0.567 bits per heavy atom. The predicted molar refractivity (Wildman–Crippen MR) is 428 cm³/mol. The third-order valence-corrected chi connectivity index (χ3v) is 23.9. The van der Waals surface area contributed by atoms with Crippen LogP contribution in [0.3, 0.4) is 0 Å². The molecule has 0 saturated heterocycles. The van der Waals surface area contributed by atoms with Crippen LogP contribution < -0.4 is 18.9 Å². The number of aromatic nitrogens is 8. The second kappa shape index (κ2) is 27.2. The first-order valence-corrected chi connectivity index (χ1v) is 36.9. The zero-order valence-electron chi connectivity index (χ0n) is 56.6. The van der Waals surface area contributed by atoms with Crippen molar-refractivity contribution in [3.63, 3.8) is 0 Å². The Labute approximate surface area is 657 Å². The Bertz CT molecular complexity index is 6010. The molecule has 0 atom stereocenters. The maximum atomic E-state index is 7.96. The topological polar surface area (TPSA) is 146 Å². The summed E-state index contributed by atoms with van der Waals surface area (Å²) in [6.07, 6.45) is 0. The van der Waals surface area contributed by atoms with Gasteiger partial charge in [-0.05, 0) is 97.7 Å². The summed E-state index contributed by atoms with van der Waals surface area (Å²) in [4.78, 5) is 38.2. The zero-order chi connectivity index (χ0) is 73.6. The second-order valence-corrected chi connectivity index (χ2v) is 31.0. The Kier molecular flexibility index (Phi) is 18.8. The van der Waals surface area contributed by atoms with E-state index >= 15 is 0 Å². The third-order valence-electron chi connectivity index (χ3n) is 19.1. The van der Waals surface area contributed by atoms with Gasteiger partial charge in [-0.15, -0.1) is 0 Å². The number of para-hydroxylation sites is 3. The Morgan fingerprint density at radius 1 is 0.269 bits per heavy atom. The average Bonchev–Trinajstić information content (AvgIpc) is 1.55. The molecule has 2 aliphatic heterocycles. The van der Waals surface area contributed by atoms with Gasteiger partial charge in [-0.25, -0.2) is 29.9 Å². The molecule has 13 aromatic rings. The van der Waals surface area contributed by atoms with Crippen molar-refractivity contribution in [2.45, 2.75) is 80.1 Å². The predicted octanol–water partition coefficient (Wildman–Crippen LogP) is 28.4. The maximum absolute atomic E-state index is 7.96. The molecule has 0 amide bonds. The average molecular weight is 1620 g/mol. The van der Waals surface area contributed by atoms with Gasteiger partial charge in [0.15, 0.2) is 46.3 Å². The van der Waals surface area contributed by atoms with E-state index in [0.717, 1.165) is 55.6 Å². The van der Waals surface area contributed by atoms with E-state index in [1.807, 2.05) is 145 Å². The van der Waals surface area contributed by atoms with Crippen molar-refractivity contribution in [3.05, 3.63) is 249 Å². The molecule has 104 heavy (non-hydrogen) atoms. The molecule has 12 nitrogen and oxygen atoms in total. The number of nitrogens with zero attached hydrogens (tertiary/aromatic N) is 6. The summed E-state index contributed by atoms with van der Waals surface area (Å²) < 4.78 is 27.3. The largest absolute Gasteiger partial charge is 0.454 e. The van der Waals surface area contributed by atoms with Crippen LogP contribution in [-0.2, 0) is 10.8 Å². The minimum absolute atomic E-state index is 0.00222. The first kappa shape index (κ1) is 71.8. The summed E-state index contributed by atoms with van der Waals surface area (Å²) in [5.41, 5.74) is 7.94. The van der Waals surface area contributed by atoms with Gasteiger partial charge in [0.05, 0.1) is 84.0 Å². The molecule has 10 aromatic carbocycles. The number of nitrogens with one attached hydrogen (secondary N) is 2. The molecule has 2 N–H and O–H groups in total. The third kappa shape index (κ3) is 11.8. The number of benzene rings is 10. The Balaban J connectivity index is 1.08. The van der Waals surface area contributed by atoms with E-state index in [9.17, 15) is 0 Å². The molecular formula is C80H54Cl12N8O4. The van der Waals surface area contributed by atoms with Crippen LogP contribution in [0.5, 0.6) is 46.0 Å². The number of hydrogen-bond acceptors (Lipinski definition) is 10. The number of aromatic amines is 2. The second-order valence-electron chi connectivity index (χ2n) is 26.5. The van der Waals surface area contributed by atoms with Crippen molar-refractivity contribution < 1.29 is 18.9 Å². The summed E-state index contributed by atoms with van der Waals surface area (Å²) >= 11 is 91.3. The minimum atomic E-state index is -0.694. The molecule has 0 spiro atoms. The van der Waals surface area contributed by atoms with Gasteiger partial charge in [0.1, 0.15) is 65.7 Å². The molecule has 0 radical (unpaired) electrons. The zero-order valence-corrected chi connectivity index (χ0v) is 65.6. The van der Waals surface area contributed by atoms with E-state index in [1.165, 1.54) is 0 Å². The van der Waals surface area contributed by atoms with Gasteiger partial charge >= 0.3 is 0 Å². The quantitative estimate of drug-likeness (QED) is 0.113. The van der Waals surface area contributed by atoms with Crippen molar-refractivity contribution in [2.75, 3.05) is 0 Å².